The van der Waals surface area contributed by atoms with E-state index in [1.165, 1.54) is 12.0 Å². The van der Waals surface area contributed by atoms with Crippen molar-refractivity contribution < 1.29 is 27.4 Å². The van der Waals surface area contributed by atoms with Crippen molar-refractivity contribution >= 4 is 21.8 Å². The summed E-state index contributed by atoms with van der Waals surface area (Å²) in [6.45, 7) is -0.282. The maximum absolute atomic E-state index is 12.8. The second-order valence-electron chi connectivity index (χ2n) is 5.31. The molecule has 0 N–H and O–H groups in total. The van der Waals surface area contributed by atoms with Crippen molar-refractivity contribution in [3.05, 3.63) is 22.7 Å². The predicted molar refractivity (Wildman–Crippen MR) is 81.5 cm³/mol. The van der Waals surface area contributed by atoms with Gasteiger partial charge in [-0.05, 0) is 40.9 Å². The molecule has 0 saturated carbocycles. The molecule has 0 bridgehead atoms. The molecule has 1 atom stereocenters. The Morgan fingerprint density at radius 2 is 2.17 bits per heavy atom. The molecule has 2 rings (SSSR count). The Morgan fingerprint density at radius 1 is 1.43 bits per heavy atom. The van der Waals surface area contributed by atoms with E-state index < -0.39 is 18.0 Å². The quantitative estimate of drug-likeness (QED) is 0.780. The summed E-state index contributed by atoms with van der Waals surface area (Å²) < 4.78 is 49.4. The molecule has 1 amide bonds. The van der Waals surface area contributed by atoms with Crippen molar-refractivity contribution in [3.63, 3.8) is 0 Å². The molecule has 8 heteroatoms. The number of carbonyl (C=O) groups is 1. The van der Waals surface area contributed by atoms with E-state index in [9.17, 15) is 18.0 Å². The third-order valence-electron chi connectivity index (χ3n) is 3.73. The topological polar surface area (TPSA) is 38.8 Å². The van der Waals surface area contributed by atoms with Gasteiger partial charge in [-0.2, -0.15) is 13.2 Å². The Balaban J connectivity index is 1.94. The number of benzene rings is 1. The number of amides is 1. The van der Waals surface area contributed by atoms with E-state index >= 15 is 0 Å². The monoisotopic (exact) mass is 395 g/mol. The molecule has 1 aliphatic heterocycles. The van der Waals surface area contributed by atoms with Gasteiger partial charge in [-0.15, -0.1) is 0 Å². The van der Waals surface area contributed by atoms with Crippen molar-refractivity contribution in [3.8, 4) is 11.5 Å². The van der Waals surface area contributed by atoms with Gasteiger partial charge in [0.1, 0.15) is 11.5 Å². The Hall–Kier alpha value is -1.44. The van der Waals surface area contributed by atoms with Crippen LogP contribution in [0.25, 0.3) is 0 Å². The molecule has 1 saturated heterocycles. The maximum atomic E-state index is 12.8. The van der Waals surface area contributed by atoms with Crippen molar-refractivity contribution in [1.29, 1.82) is 0 Å². The lowest BCUT2D eigenvalue weighted by molar-refractivity contribution is -0.188. The molecule has 1 aromatic rings. The molecule has 0 aliphatic carbocycles. The van der Waals surface area contributed by atoms with E-state index in [2.05, 4.69) is 15.9 Å². The number of ether oxygens (including phenoxy) is 2. The van der Waals surface area contributed by atoms with Crippen LogP contribution in [0.15, 0.2) is 22.7 Å². The standard InChI is InChI=1S/C15H17BrF3NO3/c1-22-11-4-5-12(16)13(7-11)23-9-14(21)20-6-2-3-10(8-20)15(17,18)19/h4-5,7,10H,2-3,6,8-9H2,1H3. The average molecular weight is 396 g/mol. The molecular weight excluding hydrogens is 379 g/mol. The van der Waals surface area contributed by atoms with E-state index in [1.54, 1.807) is 18.2 Å². The van der Waals surface area contributed by atoms with Gasteiger partial charge in [-0.25, -0.2) is 0 Å². The van der Waals surface area contributed by atoms with Gasteiger partial charge in [0.15, 0.2) is 6.61 Å². The van der Waals surface area contributed by atoms with E-state index in [4.69, 9.17) is 9.47 Å². The van der Waals surface area contributed by atoms with Gasteiger partial charge in [0.2, 0.25) is 0 Å². The van der Waals surface area contributed by atoms with Crippen LogP contribution >= 0.6 is 15.9 Å². The third-order valence-corrected chi connectivity index (χ3v) is 4.38. The summed E-state index contributed by atoms with van der Waals surface area (Å²) in [4.78, 5) is 13.3. The maximum Gasteiger partial charge on any atom is 0.393 e. The number of hydrogen-bond acceptors (Lipinski definition) is 3. The van der Waals surface area contributed by atoms with E-state index in [-0.39, 0.29) is 19.6 Å². The normalized spacial score (nSPS) is 18.7. The SMILES string of the molecule is COc1ccc(Br)c(OCC(=O)N2CCCC(C(F)(F)F)C2)c1. The summed E-state index contributed by atoms with van der Waals surface area (Å²) in [5.74, 6) is -0.940. The number of hydrogen-bond donors (Lipinski definition) is 0. The zero-order chi connectivity index (χ0) is 17.0. The van der Waals surface area contributed by atoms with Gasteiger partial charge in [-0.3, -0.25) is 4.79 Å². The number of nitrogens with zero attached hydrogens (tertiary/aromatic N) is 1. The highest BCUT2D eigenvalue weighted by atomic mass is 79.9. The molecule has 128 valence electrons. The van der Waals surface area contributed by atoms with E-state index in [0.717, 1.165) is 0 Å². The minimum atomic E-state index is -4.27. The smallest absolute Gasteiger partial charge is 0.393 e. The number of likely N-dealkylation sites (tertiary alicyclic amines) is 1. The summed E-state index contributed by atoms with van der Waals surface area (Å²) >= 11 is 3.29. The van der Waals surface area contributed by atoms with Crippen molar-refractivity contribution in [2.24, 2.45) is 5.92 Å². The van der Waals surface area contributed by atoms with Crippen LogP contribution in [0.5, 0.6) is 11.5 Å². The Labute approximate surface area is 140 Å². The average Bonchev–Trinajstić information content (AvgIpc) is 2.53. The highest BCUT2D eigenvalue weighted by Gasteiger charge is 2.42. The van der Waals surface area contributed by atoms with Gasteiger partial charge in [-0.1, -0.05) is 0 Å². The first-order chi connectivity index (χ1) is 10.8. The first-order valence-electron chi connectivity index (χ1n) is 7.12. The number of piperidine rings is 1. The zero-order valence-electron chi connectivity index (χ0n) is 12.5. The van der Waals surface area contributed by atoms with Crippen LogP contribution in [0.1, 0.15) is 12.8 Å². The number of alkyl halides is 3. The Morgan fingerprint density at radius 3 is 2.83 bits per heavy atom. The predicted octanol–water partition coefficient (Wildman–Crippen LogP) is 3.64. The van der Waals surface area contributed by atoms with Gasteiger partial charge >= 0.3 is 6.18 Å². The van der Waals surface area contributed by atoms with Crippen LogP contribution in [0.4, 0.5) is 13.2 Å². The molecule has 4 nitrogen and oxygen atoms in total. The highest BCUT2D eigenvalue weighted by Crippen LogP contribution is 2.33. The lowest BCUT2D eigenvalue weighted by atomic mass is 9.97. The second kappa shape index (κ2) is 7.42. The van der Waals surface area contributed by atoms with Crippen molar-refractivity contribution in [2.75, 3.05) is 26.8 Å². The van der Waals surface area contributed by atoms with Crippen LogP contribution in [0, 0.1) is 5.92 Å². The van der Waals surface area contributed by atoms with Gasteiger partial charge in [0.05, 0.1) is 17.5 Å². The highest BCUT2D eigenvalue weighted by molar-refractivity contribution is 9.10. The van der Waals surface area contributed by atoms with Crippen LogP contribution < -0.4 is 9.47 Å². The van der Waals surface area contributed by atoms with Crippen molar-refractivity contribution in [2.45, 2.75) is 19.0 Å². The number of methoxy groups -OCH3 is 1. The summed E-state index contributed by atoms with van der Waals surface area (Å²) in [7, 11) is 1.50. The van der Waals surface area contributed by atoms with Crippen molar-refractivity contribution in [1.82, 2.24) is 4.90 Å². The number of carbonyl (C=O) groups excluding carboxylic acids is 1. The lowest BCUT2D eigenvalue weighted by Gasteiger charge is -2.33. The molecule has 1 heterocycles. The summed E-state index contributed by atoms with van der Waals surface area (Å²) in [6.07, 6.45) is -3.86. The molecule has 0 aromatic heterocycles. The second-order valence-corrected chi connectivity index (χ2v) is 6.16. The Kier molecular flexibility index (Phi) is 5.78. The molecular formula is C15H17BrF3NO3. The first kappa shape index (κ1) is 17.9. The minimum Gasteiger partial charge on any atom is -0.497 e. The van der Waals surface area contributed by atoms with Gasteiger partial charge in [0, 0.05) is 19.2 Å². The molecule has 1 fully saturated rings. The Bertz CT molecular complexity index is 565. The van der Waals surface area contributed by atoms with E-state index in [0.29, 0.717) is 28.9 Å². The number of halogens is 4. The van der Waals surface area contributed by atoms with Gasteiger partial charge < -0.3 is 14.4 Å². The minimum absolute atomic E-state index is 0.0650. The largest absolute Gasteiger partial charge is 0.497 e. The zero-order valence-corrected chi connectivity index (χ0v) is 14.1. The van der Waals surface area contributed by atoms with Crippen LogP contribution in [0.3, 0.4) is 0 Å². The molecule has 0 spiro atoms. The molecule has 23 heavy (non-hydrogen) atoms. The van der Waals surface area contributed by atoms with Crippen LogP contribution in [-0.4, -0.2) is 43.8 Å². The molecule has 1 unspecified atom stereocenters. The van der Waals surface area contributed by atoms with Crippen LogP contribution in [-0.2, 0) is 4.79 Å². The number of rotatable bonds is 4. The summed E-state index contributed by atoms with van der Waals surface area (Å²) in [5.41, 5.74) is 0. The van der Waals surface area contributed by atoms with Gasteiger partial charge in [0.25, 0.3) is 5.91 Å². The fourth-order valence-corrected chi connectivity index (χ4v) is 2.78. The molecule has 1 aromatic carbocycles. The third kappa shape index (κ3) is 4.76. The van der Waals surface area contributed by atoms with E-state index in [1.807, 2.05) is 0 Å². The molecule has 0 radical (unpaired) electrons. The lowest BCUT2D eigenvalue weighted by Crippen LogP contribution is -2.46. The molecule has 1 aliphatic rings. The summed E-state index contributed by atoms with van der Waals surface area (Å²) in [5, 5.41) is 0. The van der Waals surface area contributed by atoms with Crippen LogP contribution in [0.2, 0.25) is 0 Å². The summed E-state index contributed by atoms with van der Waals surface area (Å²) in [6, 6.07) is 5.03. The fraction of sp³-hybridized carbons (Fsp3) is 0.533. The first-order valence-corrected chi connectivity index (χ1v) is 7.91. The fourth-order valence-electron chi connectivity index (χ4n) is 2.42.